The van der Waals surface area contributed by atoms with E-state index in [2.05, 4.69) is 69.8 Å². The molecule has 1 aromatic heterocycles. The monoisotopic (exact) mass is 387 g/mol. The molecule has 4 nitrogen and oxygen atoms in total. The van der Waals surface area contributed by atoms with Gasteiger partial charge in [0.25, 0.3) is 0 Å². The molecule has 2 heterocycles. The van der Waals surface area contributed by atoms with Crippen LogP contribution in [0.5, 0.6) is 5.75 Å². The van der Waals surface area contributed by atoms with Gasteiger partial charge in [0.2, 0.25) is 0 Å². The molecule has 4 rings (SSSR count). The van der Waals surface area contributed by atoms with Crippen molar-refractivity contribution >= 4 is 0 Å². The molecule has 0 radical (unpaired) electrons. The molecule has 0 spiro atoms. The van der Waals surface area contributed by atoms with E-state index >= 15 is 0 Å². The van der Waals surface area contributed by atoms with Gasteiger partial charge in [-0.15, -0.1) is 0 Å². The molecule has 1 aliphatic rings. The van der Waals surface area contributed by atoms with Crippen LogP contribution >= 0.6 is 0 Å². The van der Waals surface area contributed by atoms with Gasteiger partial charge in [-0.1, -0.05) is 54.6 Å². The Morgan fingerprint density at radius 1 is 0.862 bits per heavy atom. The van der Waals surface area contributed by atoms with Crippen molar-refractivity contribution in [2.75, 3.05) is 26.3 Å². The van der Waals surface area contributed by atoms with Crippen molar-refractivity contribution in [3.63, 3.8) is 0 Å². The highest BCUT2D eigenvalue weighted by atomic mass is 16.5. The number of rotatable bonds is 8. The Kier molecular flexibility index (Phi) is 6.89. The predicted molar refractivity (Wildman–Crippen MR) is 118 cm³/mol. The lowest BCUT2D eigenvalue weighted by Gasteiger charge is -2.32. The molecule has 150 valence electrons. The van der Waals surface area contributed by atoms with Gasteiger partial charge in [-0.25, -0.2) is 0 Å². The standard InChI is InChI=1S/C25H29N3O/c1-2-4-22(5-3-1)23-8-6-21(7-9-23)10-15-27-20-28-18-13-25(14-19-28)29-24-11-16-26-17-12-24/h1-9,11-12,16-17,25,27H,10,13-15,18-20H2. The summed E-state index contributed by atoms with van der Waals surface area (Å²) in [6, 6.07) is 23.3. The van der Waals surface area contributed by atoms with E-state index in [-0.39, 0.29) is 0 Å². The number of aromatic nitrogens is 1. The van der Waals surface area contributed by atoms with Crippen LogP contribution in [0.15, 0.2) is 79.1 Å². The quantitative estimate of drug-likeness (QED) is 0.582. The van der Waals surface area contributed by atoms with Crippen LogP contribution in [-0.2, 0) is 6.42 Å². The van der Waals surface area contributed by atoms with Gasteiger partial charge < -0.3 is 10.1 Å². The zero-order valence-electron chi connectivity index (χ0n) is 16.8. The normalized spacial score (nSPS) is 15.3. The van der Waals surface area contributed by atoms with Crippen molar-refractivity contribution in [1.82, 2.24) is 15.2 Å². The third-order valence-electron chi connectivity index (χ3n) is 5.47. The second-order valence-electron chi connectivity index (χ2n) is 7.59. The molecule has 0 aliphatic carbocycles. The van der Waals surface area contributed by atoms with Crippen molar-refractivity contribution in [3.8, 4) is 16.9 Å². The summed E-state index contributed by atoms with van der Waals surface area (Å²) < 4.78 is 6.04. The lowest BCUT2D eigenvalue weighted by Crippen LogP contribution is -2.43. The van der Waals surface area contributed by atoms with Crippen LogP contribution in [0.2, 0.25) is 0 Å². The topological polar surface area (TPSA) is 37.4 Å². The summed E-state index contributed by atoms with van der Waals surface area (Å²) in [4.78, 5) is 6.51. The first kappa shape index (κ1) is 19.6. The van der Waals surface area contributed by atoms with Gasteiger partial charge in [0.15, 0.2) is 0 Å². The molecule has 1 fully saturated rings. The number of hydrogen-bond donors (Lipinski definition) is 1. The molecule has 4 heteroatoms. The molecule has 0 amide bonds. The Labute approximate surface area is 173 Å². The average molecular weight is 388 g/mol. The smallest absolute Gasteiger partial charge is 0.122 e. The molecule has 0 saturated carbocycles. The van der Waals surface area contributed by atoms with Crippen molar-refractivity contribution in [3.05, 3.63) is 84.7 Å². The zero-order chi connectivity index (χ0) is 19.7. The molecular formula is C25H29N3O. The summed E-state index contributed by atoms with van der Waals surface area (Å²) in [5.74, 6) is 0.926. The number of ether oxygens (including phenoxy) is 1. The number of pyridine rings is 1. The average Bonchev–Trinajstić information content (AvgIpc) is 2.79. The number of nitrogens with zero attached hydrogens (tertiary/aromatic N) is 2. The van der Waals surface area contributed by atoms with Crippen LogP contribution < -0.4 is 10.1 Å². The molecule has 0 atom stereocenters. The van der Waals surface area contributed by atoms with E-state index in [0.717, 1.165) is 51.3 Å². The number of piperidine rings is 1. The molecule has 3 aromatic rings. The lowest BCUT2D eigenvalue weighted by atomic mass is 10.0. The first-order valence-electron chi connectivity index (χ1n) is 10.5. The van der Waals surface area contributed by atoms with Crippen LogP contribution in [0.25, 0.3) is 11.1 Å². The third-order valence-corrected chi connectivity index (χ3v) is 5.47. The molecule has 1 saturated heterocycles. The minimum atomic E-state index is 0.316. The van der Waals surface area contributed by atoms with Gasteiger partial charge in [0.1, 0.15) is 11.9 Å². The van der Waals surface area contributed by atoms with Crippen molar-refractivity contribution in [1.29, 1.82) is 0 Å². The second-order valence-corrected chi connectivity index (χ2v) is 7.59. The summed E-state index contributed by atoms with van der Waals surface area (Å²) in [7, 11) is 0. The third kappa shape index (κ3) is 5.89. The van der Waals surface area contributed by atoms with E-state index in [1.807, 2.05) is 12.1 Å². The maximum Gasteiger partial charge on any atom is 0.122 e. The fourth-order valence-corrected chi connectivity index (χ4v) is 3.76. The fraction of sp³-hybridized carbons (Fsp3) is 0.320. The van der Waals surface area contributed by atoms with Crippen LogP contribution in [0.3, 0.4) is 0 Å². The van der Waals surface area contributed by atoms with Gasteiger partial charge >= 0.3 is 0 Å². The van der Waals surface area contributed by atoms with E-state index < -0.39 is 0 Å². The fourth-order valence-electron chi connectivity index (χ4n) is 3.76. The largest absolute Gasteiger partial charge is 0.490 e. The molecule has 1 aliphatic heterocycles. The summed E-state index contributed by atoms with van der Waals surface area (Å²) in [6.45, 7) is 4.10. The van der Waals surface area contributed by atoms with Crippen LogP contribution in [0.4, 0.5) is 0 Å². The minimum absolute atomic E-state index is 0.316. The first-order valence-corrected chi connectivity index (χ1v) is 10.5. The molecule has 29 heavy (non-hydrogen) atoms. The van der Waals surface area contributed by atoms with Crippen LogP contribution in [0.1, 0.15) is 18.4 Å². The molecule has 1 N–H and O–H groups in total. The van der Waals surface area contributed by atoms with Gasteiger partial charge in [-0.05, 0) is 48.1 Å². The van der Waals surface area contributed by atoms with Gasteiger partial charge in [0.05, 0.1) is 0 Å². The van der Waals surface area contributed by atoms with E-state index in [4.69, 9.17) is 4.74 Å². The number of nitrogens with one attached hydrogen (secondary N) is 1. The maximum absolute atomic E-state index is 6.04. The number of hydrogen-bond acceptors (Lipinski definition) is 4. The Bertz CT molecular complexity index is 844. The Hall–Kier alpha value is -2.69. The number of benzene rings is 2. The Morgan fingerprint density at radius 2 is 1.55 bits per heavy atom. The summed E-state index contributed by atoms with van der Waals surface area (Å²) in [5.41, 5.74) is 3.93. The van der Waals surface area contributed by atoms with Gasteiger partial charge in [-0.3, -0.25) is 9.88 Å². The van der Waals surface area contributed by atoms with Crippen LogP contribution in [-0.4, -0.2) is 42.3 Å². The van der Waals surface area contributed by atoms with Gasteiger partial charge in [-0.2, -0.15) is 0 Å². The van der Waals surface area contributed by atoms with Crippen molar-refractivity contribution < 1.29 is 4.74 Å². The maximum atomic E-state index is 6.04. The lowest BCUT2D eigenvalue weighted by molar-refractivity contribution is 0.0961. The van der Waals surface area contributed by atoms with E-state index in [9.17, 15) is 0 Å². The molecule has 0 unspecified atom stereocenters. The molecular weight excluding hydrogens is 358 g/mol. The second kappa shape index (κ2) is 10.2. The Morgan fingerprint density at radius 3 is 2.28 bits per heavy atom. The van der Waals surface area contributed by atoms with Crippen LogP contribution in [0, 0.1) is 0 Å². The first-order chi connectivity index (χ1) is 14.4. The summed E-state index contributed by atoms with van der Waals surface area (Å²) in [5, 5.41) is 3.59. The molecule has 2 aromatic carbocycles. The zero-order valence-corrected chi connectivity index (χ0v) is 16.8. The summed E-state index contributed by atoms with van der Waals surface area (Å²) in [6.07, 6.45) is 7.08. The SMILES string of the molecule is c1ccc(-c2ccc(CCNCN3CCC(Oc4ccncc4)CC3)cc2)cc1. The Balaban J connectivity index is 1.13. The van der Waals surface area contributed by atoms with E-state index in [0.29, 0.717) is 6.10 Å². The number of likely N-dealkylation sites (tertiary alicyclic amines) is 1. The predicted octanol–water partition coefficient (Wildman–Crippen LogP) is 4.38. The summed E-state index contributed by atoms with van der Waals surface area (Å²) >= 11 is 0. The highest BCUT2D eigenvalue weighted by Gasteiger charge is 2.20. The molecule has 0 bridgehead atoms. The highest BCUT2D eigenvalue weighted by molar-refractivity contribution is 5.63. The van der Waals surface area contributed by atoms with Crippen molar-refractivity contribution in [2.45, 2.75) is 25.4 Å². The van der Waals surface area contributed by atoms with E-state index in [1.54, 1.807) is 12.4 Å². The van der Waals surface area contributed by atoms with Gasteiger partial charge in [0, 0.05) is 38.7 Å². The van der Waals surface area contributed by atoms with E-state index in [1.165, 1.54) is 16.7 Å². The van der Waals surface area contributed by atoms with Crippen molar-refractivity contribution in [2.24, 2.45) is 0 Å². The minimum Gasteiger partial charge on any atom is -0.490 e. The highest BCUT2D eigenvalue weighted by Crippen LogP contribution is 2.20.